The van der Waals surface area contributed by atoms with Crippen molar-refractivity contribution in [3.8, 4) is 5.75 Å². The number of pyridine rings is 1. The fraction of sp³-hybridized carbons (Fsp3) is 0.182. The molecule has 1 amide bonds. The zero-order valence-corrected chi connectivity index (χ0v) is 15.6. The van der Waals surface area contributed by atoms with Crippen molar-refractivity contribution in [3.05, 3.63) is 78.6 Å². The molecule has 0 aliphatic carbocycles. The van der Waals surface area contributed by atoms with Crippen LogP contribution in [-0.4, -0.2) is 24.0 Å². The normalized spacial score (nSPS) is 10.3. The number of nitrogens with one attached hydrogen (secondary N) is 1. The third kappa shape index (κ3) is 4.64. The van der Waals surface area contributed by atoms with Crippen LogP contribution in [0.3, 0.4) is 0 Å². The Balaban J connectivity index is 1.77. The Morgan fingerprint density at radius 3 is 2.41 bits per heavy atom. The fourth-order valence-electron chi connectivity index (χ4n) is 2.78. The number of hydrogen-bond donors (Lipinski definition) is 1. The fourth-order valence-corrected chi connectivity index (χ4v) is 2.78. The van der Waals surface area contributed by atoms with Gasteiger partial charge in [-0.1, -0.05) is 18.2 Å². The number of aromatic nitrogens is 1. The summed E-state index contributed by atoms with van der Waals surface area (Å²) in [6.07, 6.45) is 1.64. The summed E-state index contributed by atoms with van der Waals surface area (Å²) >= 11 is 0. The molecule has 0 unspecified atom stereocenters. The van der Waals surface area contributed by atoms with E-state index in [-0.39, 0.29) is 5.91 Å². The van der Waals surface area contributed by atoms with E-state index in [1.165, 1.54) is 0 Å². The highest BCUT2D eigenvalue weighted by Gasteiger charge is 2.17. The third-order valence-electron chi connectivity index (χ3n) is 4.06. The van der Waals surface area contributed by atoms with Crippen molar-refractivity contribution >= 4 is 23.0 Å². The monoisotopic (exact) mass is 361 g/mol. The third-order valence-corrected chi connectivity index (χ3v) is 4.06. The molecule has 0 radical (unpaired) electrons. The van der Waals surface area contributed by atoms with Crippen molar-refractivity contribution in [2.75, 3.05) is 23.4 Å². The minimum atomic E-state index is -0.126. The summed E-state index contributed by atoms with van der Waals surface area (Å²) in [5.41, 5.74) is 2.98. The Kier molecular flexibility index (Phi) is 6.05. The molecule has 0 saturated carbocycles. The molecular formula is C22H23N3O2. The van der Waals surface area contributed by atoms with E-state index in [1.807, 2.05) is 74.5 Å². The van der Waals surface area contributed by atoms with Crippen LogP contribution in [0, 0.1) is 0 Å². The zero-order valence-electron chi connectivity index (χ0n) is 15.6. The minimum absolute atomic E-state index is 0.126. The largest absolute Gasteiger partial charge is 0.494 e. The number of anilines is 3. The van der Waals surface area contributed by atoms with E-state index >= 15 is 0 Å². The minimum Gasteiger partial charge on any atom is -0.494 e. The van der Waals surface area contributed by atoms with Crippen LogP contribution >= 0.6 is 0 Å². The van der Waals surface area contributed by atoms with Crippen molar-refractivity contribution in [2.24, 2.45) is 0 Å². The predicted molar refractivity (Wildman–Crippen MR) is 109 cm³/mol. The lowest BCUT2D eigenvalue weighted by Gasteiger charge is -2.20. The van der Waals surface area contributed by atoms with E-state index < -0.39 is 0 Å². The van der Waals surface area contributed by atoms with Gasteiger partial charge >= 0.3 is 0 Å². The molecule has 0 aliphatic rings. The van der Waals surface area contributed by atoms with Gasteiger partial charge in [0.2, 0.25) is 0 Å². The first-order valence-electron chi connectivity index (χ1n) is 9.04. The van der Waals surface area contributed by atoms with Crippen LogP contribution in [0.25, 0.3) is 0 Å². The maximum atomic E-state index is 12.9. The molecule has 0 fully saturated rings. The first-order valence-corrected chi connectivity index (χ1v) is 9.04. The summed E-state index contributed by atoms with van der Waals surface area (Å²) < 4.78 is 5.45. The second-order valence-electron chi connectivity index (χ2n) is 5.90. The average molecular weight is 361 g/mol. The molecule has 0 atom stereocenters. The maximum Gasteiger partial charge on any atom is 0.276 e. The summed E-state index contributed by atoms with van der Waals surface area (Å²) in [5.74, 6) is 0.703. The maximum absolute atomic E-state index is 12.9. The molecule has 1 aromatic heterocycles. The van der Waals surface area contributed by atoms with Gasteiger partial charge in [-0.25, -0.2) is 0 Å². The van der Waals surface area contributed by atoms with E-state index in [0.717, 1.165) is 22.8 Å². The van der Waals surface area contributed by atoms with Crippen LogP contribution in [0.2, 0.25) is 0 Å². The highest BCUT2D eigenvalue weighted by molar-refractivity contribution is 6.05. The van der Waals surface area contributed by atoms with Crippen LogP contribution in [0.5, 0.6) is 5.75 Å². The van der Waals surface area contributed by atoms with Crippen LogP contribution < -0.4 is 15.0 Å². The zero-order chi connectivity index (χ0) is 19.1. The Morgan fingerprint density at radius 1 is 1.00 bits per heavy atom. The van der Waals surface area contributed by atoms with Crippen LogP contribution in [0.4, 0.5) is 17.1 Å². The molecule has 0 aliphatic heterocycles. The number of rotatable bonds is 7. The van der Waals surface area contributed by atoms with Gasteiger partial charge in [0.25, 0.3) is 5.91 Å². The van der Waals surface area contributed by atoms with E-state index in [0.29, 0.717) is 18.8 Å². The number of amides is 1. The van der Waals surface area contributed by atoms with Crippen molar-refractivity contribution < 1.29 is 9.53 Å². The van der Waals surface area contributed by atoms with Gasteiger partial charge in [-0.2, -0.15) is 0 Å². The van der Waals surface area contributed by atoms with Gasteiger partial charge < -0.3 is 15.0 Å². The molecule has 0 bridgehead atoms. The summed E-state index contributed by atoms with van der Waals surface area (Å²) in [7, 11) is 0. The molecule has 0 saturated heterocycles. The van der Waals surface area contributed by atoms with Gasteiger partial charge in [0.15, 0.2) is 0 Å². The number of benzene rings is 2. The van der Waals surface area contributed by atoms with Gasteiger partial charge in [-0.3, -0.25) is 9.78 Å². The number of carbonyl (C=O) groups excluding carboxylic acids is 1. The molecule has 1 N–H and O–H groups in total. The van der Waals surface area contributed by atoms with Gasteiger partial charge in [0.1, 0.15) is 11.4 Å². The first-order chi connectivity index (χ1) is 13.2. The van der Waals surface area contributed by atoms with Crippen molar-refractivity contribution in [1.82, 2.24) is 4.98 Å². The number of para-hydroxylation sites is 1. The van der Waals surface area contributed by atoms with Gasteiger partial charge in [0.05, 0.1) is 6.61 Å². The molecule has 0 spiro atoms. The van der Waals surface area contributed by atoms with Crippen molar-refractivity contribution in [1.29, 1.82) is 0 Å². The van der Waals surface area contributed by atoms with E-state index in [1.54, 1.807) is 17.2 Å². The van der Waals surface area contributed by atoms with Crippen LogP contribution in [-0.2, 0) is 0 Å². The van der Waals surface area contributed by atoms with Gasteiger partial charge in [-0.05, 0) is 62.4 Å². The lowest BCUT2D eigenvalue weighted by atomic mass is 10.2. The number of nitrogens with zero attached hydrogens (tertiary/aromatic N) is 2. The van der Waals surface area contributed by atoms with Crippen LogP contribution in [0.15, 0.2) is 72.9 Å². The Bertz CT molecular complexity index is 880. The predicted octanol–water partition coefficient (Wildman–Crippen LogP) is 4.89. The number of carbonyl (C=O) groups is 1. The molecule has 5 heteroatoms. The lowest BCUT2D eigenvalue weighted by molar-refractivity contribution is 0.0983. The Morgan fingerprint density at radius 2 is 1.74 bits per heavy atom. The molecule has 3 aromatic rings. The van der Waals surface area contributed by atoms with Gasteiger partial charge in [0, 0.05) is 29.8 Å². The second kappa shape index (κ2) is 8.85. The molecule has 5 nitrogen and oxygen atoms in total. The van der Waals surface area contributed by atoms with Crippen molar-refractivity contribution in [2.45, 2.75) is 13.8 Å². The first kappa shape index (κ1) is 18.5. The Hall–Kier alpha value is -3.34. The summed E-state index contributed by atoms with van der Waals surface area (Å²) in [6.45, 7) is 5.11. The van der Waals surface area contributed by atoms with E-state index in [4.69, 9.17) is 4.74 Å². The van der Waals surface area contributed by atoms with Gasteiger partial charge in [-0.15, -0.1) is 0 Å². The second-order valence-corrected chi connectivity index (χ2v) is 5.90. The topological polar surface area (TPSA) is 54.5 Å². The van der Waals surface area contributed by atoms with Crippen molar-refractivity contribution in [3.63, 3.8) is 0 Å². The summed E-state index contributed by atoms with van der Waals surface area (Å²) in [4.78, 5) is 18.9. The molecule has 27 heavy (non-hydrogen) atoms. The van der Waals surface area contributed by atoms with Crippen LogP contribution in [0.1, 0.15) is 24.3 Å². The van der Waals surface area contributed by atoms with E-state index in [2.05, 4.69) is 10.3 Å². The molecule has 3 rings (SSSR count). The average Bonchev–Trinajstić information content (AvgIpc) is 2.71. The van der Waals surface area contributed by atoms with E-state index in [9.17, 15) is 4.79 Å². The Labute approximate surface area is 159 Å². The molecule has 2 aromatic carbocycles. The smallest absolute Gasteiger partial charge is 0.276 e. The SMILES string of the molecule is CCOc1ccc(Nc2ccnc(C(=O)N(CC)c3ccccc3)c2)cc1. The highest BCUT2D eigenvalue weighted by Crippen LogP contribution is 2.22. The quantitative estimate of drug-likeness (QED) is 0.651. The molecule has 138 valence electrons. The summed E-state index contributed by atoms with van der Waals surface area (Å²) in [5, 5.41) is 3.30. The lowest BCUT2D eigenvalue weighted by Crippen LogP contribution is -2.31. The molecule has 1 heterocycles. The number of ether oxygens (including phenoxy) is 1. The highest BCUT2D eigenvalue weighted by atomic mass is 16.5. The summed E-state index contributed by atoms with van der Waals surface area (Å²) in [6, 6.07) is 20.9. The number of hydrogen-bond acceptors (Lipinski definition) is 4. The molecular weight excluding hydrogens is 338 g/mol. The standard InChI is InChI=1S/C22H23N3O2/c1-3-25(19-8-6-5-7-9-19)22(26)21-16-18(14-15-23-21)24-17-10-12-20(13-11-17)27-4-2/h5-16H,3-4H2,1-2H3,(H,23,24).